The first-order valence-corrected chi connectivity index (χ1v) is 4.15. The molecular formula is C6H4Br2O2. The van der Waals surface area contributed by atoms with Gasteiger partial charge in [0, 0.05) is 11.6 Å². The predicted octanol–water partition coefficient (Wildman–Crippen LogP) is 2.45. The lowest BCUT2D eigenvalue weighted by molar-refractivity contribution is -0.132. The summed E-state index contributed by atoms with van der Waals surface area (Å²) < 4.78 is 5.46. The number of halogens is 2. The number of hydrogen-bond donors (Lipinski definition) is 0. The highest BCUT2D eigenvalue weighted by Gasteiger charge is 2.18. The minimum Gasteiger partial charge on any atom is -0.421 e. The Hall–Kier alpha value is -0.0900. The van der Waals surface area contributed by atoms with Crippen LogP contribution in [0.3, 0.4) is 0 Å². The molecule has 0 N–H and O–H groups in total. The van der Waals surface area contributed by atoms with Crippen LogP contribution in [-0.4, -0.2) is 5.97 Å². The van der Waals surface area contributed by atoms with Gasteiger partial charge in [-0.1, -0.05) is 0 Å². The van der Waals surface area contributed by atoms with E-state index in [0.29, 0.717) is 9.15 Å². The second kappa shape index (κ2) is 2.88. The maximum atomic E-state index is 10.6. The molecule has 0 unspecified atom stereocenters. The molecule has 1 aliphatic rings. The molecule has 0 radical (unpaired) electrons. The van der Waals surface area contributed by atoms with Crippen LogP contribution in [0.5, 0.6) is 0 Å². The van der Waals surface area contributed by atoms with E-state index in [1.807, 2.05) is 6.92 Å². The SMILES string of the molecule is CC1=CC(=O)OC1=C(Br)Br. The molecule has 0 saturated heterocycles. The first-order chi connectivity index (χ1) is 4.61. The van der Waals surface area contributed by atoms with Crippen LogP contribution in [0.1, 0.15) is 6.92 Å². The Balaban J connectivity index is 2.99. The lowest BCUT2D eigenvalue weighted by Crippen LogP contribution is -1.90. The molecule has 0 atom stereocenters. The monoisotopic (exact) mass is 266 g/mol. The molecule has 10 heavy (non-hydrogen) atoms. The number of ether oxygens (including phenoxy) is 1. The van der Waals surface area contributed by atoms with Crippen molar-refractivity contribution < 1.29 is 9.53 Å². The number of hydrogen-bond acceptors (Lipinski definition) is 2. The number of esters is 1. The van der Waals surface area contributed by atoms with Gasteiger partial charge in [0.15, 0.2) is 5.76 Å². The summed E-state index contributed by atoms with van der Waals surface area (Å²) in [4.78, 5) is 10.6. The average molecular weight is 268 g/mol. The van der Waals surface area contributed by atoms with Gasteiger partial charge in [-0.25, -0.2) is 4.79 Å². The molecule has 4 heteroatoms. The van der Waals surface area contributed by atoms with E-state index in [1.54, 1.807) is 0 Å². The van der Waals surface area contributed by atoms with Gasteiger partial charge < -0.3 is 4.74 Å². The van der Waals surface area contributed by atoms with E-state index in [2.05, 4.69) is 31.9 Å². The molecule has 0 amide bonds. The van der Waals surface area contributed by atoms with E-state index < -0.39 is 0 Å². The van der Waals surface area contributed by atoms with Crippen molar-refractivity contribution in [3.63, 3.8) is 0 Å². The number of cyclic esters (lactones) is 1. The van der Waals surface area contributed by atoms with Gasteiger partial charge in [0.25, 0.3) is 0 Å². The van der Waals surface area contributed by atoms with Gasteiger partial charge in [-0.3, -0.25) is 0 Å². The Morgan fingerprint density at radius 3 is 2.40 bits per heavy atom. The maximum absolute atomic E-state index is 10.6. The van der Waals surface area contributed by atoms with Crippen molar-refractivity contribution in [3.05, 3.63) is 20.8 Å². The van der Waals surface area contributed by atoms with Gasteiger partial charge >= 0.3 is 5.97 Å². The van der Waals surface area contributed by atoms with E-state index in [1.165, 1.54) is 6.08 Å². The van der Waals surface area contributed by atoms with Crippen molar-refractivity contribution in [2.24, 2.45) is 0 Å². The highest BCUT2D eigenvalue weighted by atomic mass is 79.9. The van der Waals surface area contributed by atoms with Gasteiger partial charge in [-0.15, -0.1) is 0 Å². The van der Waals surface area contributed by atoms with Crippen LogP contribution >= 0.6 is 31.9 Å². The zero-order valence-corrected chi connectivity index (χ0v) is 8.32. The minimum absolute atomic E-state index is 0.316. The third-order valence-electron chi connectivity index (χ3n) is 1.07. The molecule has 0 saturated carbocycles. The fraction of sp³-hybridized carbons (Fsp3) is 0.167. The minimum atomic E-state index is -0.316. The third kappa shape index (κ3) is 1.49. The Kier molecular flexibility index (Phi) is 2.31. The lowest BCUT2D eigenvalue weighted by Gasteiger charge is -1.97. The summed E-state index contributed by atoms with van der Waals surface area (Å²) in [6, 6.07) is 0. The second-order valence-corrected chi connectivity index (χ2v) is 4.49. The van der Waals surface area contributed by atoms with E-state index in [-0.39, 0.29) is 5.97 Å². The summed E-state index contributed by atoms with van der Waals surface area (Å²) in [7, 11) is 0. The molecule has 0 fully saturated rings. The Morgan fingerprint density at radius 2 is 2.20 bits per heavy atom. The van der Waals surface area contributed by atoms with E-state index in [9.17, 15) is 4.79 Å². The van der Waals surface area contributed by atoms with Crippen LogP contribution in [0, 0.1) is 0 Å². The van der Waals surface area contributed by atoms with Crippen molar-refractivity contribution >= 4 is 37.8 Å². The normalized spacial score (nSPS) is 16.9. The smallest absolute Gasteiger partial charge is 0.336 e. The van der Waals surface area contributed by atoms with Gasteiger partial charge in [-0.05, 0) is 38.8 Å². The molecule has 1 aliphatic heterocycles. The Morgan fingerprint density at radius 1 is 1.60 bits per heavy atom. The molecule has 2 nitrogen and oxygen atoms in total. The van der Waals surface area contributed by atoms with Gasteiger partial charge in [0.1, 0.15) is 3.39 Å². The van der Waals surface area contributed by atoms with Gasteiger partial charge in [0.05, 0.1) is 0 Å². The van der Waals surface area contributed by atoms with Crippen molar-refractivity contribution in [1.82, 2.24) is 0 Å². The van der Waals surface area contributed by atoms with Crippen molar-refractivity contribution in [1.29, 1.82) is 0 Å². The Bertz CT molecular complexity index is 236. The molecule has 0 aliphatic carbocycles. The topological polar surface area (TPSA) is 26.3 Å². The van der Waals surface area contributed by atoms with Gasteiger partial charge in [-0.2, -0.15) is 0 Å². The average Bonchev–Trinajstić information content (AvgIpc) is 2.10. The maximum Gasteiger partial charge on any atom is 0.336 e. The molecule has 0 aromatic carbocycles. The highest BCUT2D eigenvalue weighted by Crippen LogP contribution is 2.29. The highest BCUT2D eigenvalue weighted by molar-refractivity contribution is 9.28. The third-order valence-corrected chi connectivity index (χ3v) is 1.79. The second-order valence-electron chi connectivity index (χ2n) is 1.84. The van der Waals surface area contributed by atoms with Crippen molar-refractivity contribution in [3.8, 4) is 0 Å². The van der Waals surface area contributed by atoms with Crippen molar-refractivity contribution in [2.75, 3.05) is 0 Å². The fourth-order valence-electron chi connectivity index (χ4n) is 0.640. The quantitative estimate of drug-likeness (QED) is 0.631. The lowest BCUT2D eigenvalue weighted by atomic mass is 10.3. The van der Waals surface area contributed by atoms with Gasteiger partial charge in [0.2, 0.25) is 0 Å². The Labute approximate surface area is 75.2 Å². The van der Waals surface area contributed by atoms with Crippen molar-refractivity contribution in [2.45, 2.75) is 6.92 Å². The zero-order valence-electron chi connectivity index (χ0n) is 5.15. The molecule has 0 spiro atoms. The van der Waals surface area contributed by atoms with Crippen LogP contribution in [-0.2, 0) is 9.53 Å². The first-order valence-electron chi connectivity index (χ1n) is 2.57. The predicted molar refractivity (Wildman–Crippen MR) is 44.7 cm³/mol. The molecule has 0 aromatic rings. The molecule has 1 heterocycles. The summed E-state index contributed by atoms with van der Waals surface area (Å²) in [5, 5.41) is 0. The van der Waals surface area contributed by atoms with E-state index >= 15 is 0 Å². The summed E-state index contributed by atoms with van der Waals surface area (Å²) in [5.41, 5.74) is 0.828. The van der Waals surface area contributed by atoms with Crippen LogP contribution in [0.2, 0.25) is 0 Å². The standard InChI is InChI=1S/C6H4Br2O2/c1-3-2-4(9)10-5(3)6(7)8/h2H,1H3. The molecule has 0 aromatic heterocycles. The number of rotatable bonds is 0. The summed E-state index contributed by atoms with van der Waals surface area (Å²) in [5.74, 6) is 0.244. The van der Waals surface area contributed by atoms with E-state index in [0.717, 1.165) is 5.57 Å². The summed E-state index contributed by atoms with van der Waals surface area (Å²) in [6.07, 6.45) is 1.44. The van der Waals surface area contributed by atoms with Crippen LogP contribution in [0.25, 0.3) is 0 Å². The number of allylic oxidation sites excluding steroid dienone is 1. The number of carbonyl (C=O) groups is 1. The van der Waals surface area contributed by atoms with Crippen LogP contribution in [0.4, 0.5) is 0 Å². The number of carbonyl (C=O) groups excluding carboxylic acids is 1. The summed E-state index contributed by atoms with van der Waals surface area (Å²) in [6.45, 7) is 1.81. The fourth-order valence-corrected chi connectivity index (χ4v) is 1.43. The molecule has 54 valence electrons. The zero-order chi connectivity index (χ0) is 7.72. The largest absolute Gasteiger partial charge is 0.421 e. The first kappa shape index (κ1) is 8.01. The van der Waals surface area contributed by atoms with Crippen LogP contribution in [0.15, 0.2) is 20.8 Å². The molecule has 1 rings (SSSR count). The van der Waals surface area contributed by atoms with Crippen LogP contribution < -0.4 is 0 Å². The molecular weight excluding hydrogens is 264 g/mol. The summed E-state index contributed by atoms with van der Waals surface area (Å²) >= 11 is 6.29. The van der Waals surface area contributed by atoms with E-state index in [4.69, 9.17) is 4.74 Å². The molecule has 0 bridgehead atoms.